The average Bonchev–Trinajstić information content (AvgIpc) is 4.17. The van der Waals surface area contributed by atoms with Gasteiger partial charge in [-0.05, 0) is 67.0 Å². The molecule has 0 aliphatic carbocycles. The Bertz CT molecular complexity index is 3130. The number of piperidine rings is 1. The molecule has 2 aliphatic heterocycles. The molecule has 2 aliphatic rings. The van der Waals surface area contributed by atoms with Gasteiger partial charge in [0.15, 0.2) is 5.82 Å². The highest BCUT2D eigenvalue weighted by Crippen LogP contribution is 2.36. The Hall–Kier alpha value is -6.50. The maximum absolute atomic E-state index is 16.1. The molecule has 4 aromatic heterocycles. The number of carbonyl (C=O) groups excluding carboxylic acids is 3. The number of β-amino-alcohol motifs (C(OH)–C–C–N with tert-alkyl or cyclic N) is 1. The van der Waals surface area contributed by atoms with Gasteiger partial charge in [-0.1, -0.05) is 52.0 Å². The van der Waals surface area contributed by atoms with Crippen molar-refractivity contribution in [2.75, 3.05) is 75.0 Å². The molecule has 2 fully saturated rings. The first-order valence-electron chi connectivity index (χ1n) is 25.7. The summed E-state index contributed by atoms with van der Waals surface area (Å²) < 4.78 is 71.9. The van der Waals surface area contributed by atoms with Gasteiger partial charge in [-0.15, -0.1) is 11.3 Å². The highest BCUT2D eigenvalue weighted by atomic mass is 32.2. The number of likely N-dealkylation sites (tertiary alicyclic amines) is 2. The Labute approximate surface area is 451 Å². The van der Waals surface area contributed by atoms with E-state index in [9.17, 15) is 27.9 Å². The summed E-state index contributed by atoms with van der Waals surface area (Å²) in [6.45, 7) is 12.2. The molecule has 3 atom stereocenters. The predicted octanol–water partition coefficient (Wildman–Crippen LogP) is 6.09. The summed E-state index contributed by atoms with van der Waals surface area (Å²) in [6.07, 6.45) is 7.28. The van der Waals surface area contributed by atoms with Gasteiger partial charge in [0.25, 0.3) is 0 Å². The van der Waals surface area contributed by atoms with Gasteiger partial charge < -0.3 is 44.5 Å². The van der Waals surface area contributed by atoms with Gasteiger partial charge in [0.05, 0.1) is 64.5 Å². The van der Waals surface area contributed by atoms with Crippen molar-refractivity contribution in [3.05, 3.63) is 102 Å². The lowest BCUT2D eigenvalue weighted by atomic mass is 9.85. The number of aliphatic hydroxyl groups excluding tert-OH is 1. The van der Waals surface area contributed by atoms with Gasteiger partial charge in [0.2, 0.25) is 27.7 Å². The molecule has 4 N–H and O–H groups in total. The van der Waals surface area contributed by atoms with Crippen LogP contribution in [0.25, 0.3) is 38.3 Å². The van der Waals surface area contributed by atoms with Gasteiger partial charge in [0.1, 0.15) is 42.3 Å². The fourth-order valence-corrected chi connectivity index (χ4v) is 11.7. The summed E-state index contributed by atoms with van der Waals surface area (Å²) in [7, 11) is -1.90. The first kappa shape index (κ1) is 56.7. The molecular formula is C54H67F2N11O8S2. The molecule has 0 saturated carbocycles. The monoisotopic (exact) mass is 1100 g/mol. The van der Waals surface area contributed by atoms with E-state index in [4.69, 9.17) is 14.5 Å². The first-order chi connectivity index (χ1) is 36.8. The molecule has 0 spiro atoms. The number of nitrogens with zero attached hydrogens (tertiary/aromatic N) is 8. The zero-order valence-corrected chi connectivity index (χ0v) is 45.8. The molecule has 8 rings (SSSR count). The Morgan fingerprint density at radius 1 is 0.974 bits per heavy atom. The SMILES string of the molecule is CCCS(=O)(=O)Nc1ccc(F)c(-n2cc(-c3cncnc3)c3nc(N(C)C4CCN(CCOCCOCC(=O)N[C@H](C(=O)N5C[C@H](O)C[C@H]5C(=O)NCc5ccc(-c6scnc6C)cc5)C(C)(C)C)CC4)ccc32)c1F. The highest BCUT2D eigenvalue weighted by molar-refractivity contribution is 7.92. The van der Waals surface area contributed by atoms with Crippen LogP contribution in [0.5, 0.6) is 0 Å². The third-order valence-corrected chi connectivity index (χ3v) is 16.3. The van der Waals surface area contributed by atoms with E-state index >= 15 is 8.78 Å². The fourth-order valence-electron chi connectivity index (χ4n) is 9.73. The predicted molar refractivity (Wildman–Crippen MR) is 291 cm³/mol. The van der Waals surface area contributed by atoms with Crippen molar-refractivity contribution >= 4 is 61.6 Å². The van der Waals surface area contributed by atoms with E-state index in [1.165, 1.54) is 15.8 Å². The largest absolute Gasteiger partial charge is 0.391 e. The standard InChI is InChI=1S/C54H67F2N11O8S2/c1-7-24-77(72,73)63-42-13-12-41(55)49(47(42)56)66-30-40(37-27-57-32-58-28-37)48-43(66)14-15-45(61-48)64(6)38-16-18-65(19-17-38)20-21-74-22-23-75-31-46(69)62-51(54(3,4)5)53(71)67-29-39(68)25-44(67)52(70)59-26-35-8-10-36(11-9-35)50-34(2)60-33-76-50/h8-15,27-28,30,32-33,38-39,44,51,63,68H,7,16-26,29,31H2,1-6H3,(H,59,70)(H,62,69)/t39-,44+,51-/m1/s1. The number of aromatic nitrogens is 5. The van der Waals surface area contributed by atoms with E-state index < -0.39 is 62.8 Å². The molecule has 6 heterocycles. The third-order valence-electron chi connectivity index (χ3n) is 13.9. The number of aryl methyl sites for hydroxylation is 1. The molecule has 6 aromatic rings. The normalized spacial score (nSPS) is 16.9. The van der Waals surface area contributed by atoms with Crippen molar-refractivity contribution in [1.29, 1.82) is 0 Å². The van der Waals surface area contributed by atoms with Gasteiger partial charge in [0, 0.05) is 82.0 Å². The van der Waals surface area contributed by atoms with E-state index in [1.54, 1.807) is 54.5 Å². The summed E-state index contributed by atoms with van der Waals surface area (Å²) in [5.41, 5.74) is 5.09. The molecule has 2 saturated heterocycles. The molecule has 2 aromatic carbocycles. The zero-order chi connectivity index (χ0) is 55.0. The second kappa shape index (κ2) is 24.9. The van der Waals surface area contributed by atoms with Crippen LogP contribution in [0.4, 0.5) is 20.3 Å². The number of sulfonamides is 1. The lowest BCUT2D eigenvalue weighted by Gasteiger charge is -2.37. The second-order valence-electron chi connectivity index (χ2n) is 20.5. The van der Waals surface area contributed by atoms with Crippen LogP contribution in [0.1, 0.15) is 64.6 Å². The van der Waals surface area contributed by atoms with Gasteiger partial charge in [-0.2, -0.15) is 0 Å². The highest BCUT2D eigenvalue weighted by Gasteiger charge is 2.44. The number of hydrogen-bond acceptors (Lipinski definition) is 15. The molecule has 412 valence electrons. The van der Waals surface area contributed by atoms with Crippen molar-refractivity contribution in [3.8, 4) is 27.3 Å². The van der Waals surface area contributed by atoms with Crippen LogP contribution in [0.2, 0.25) is 0 Å². The molecule has 0 unspecified atom stereocenters. The molecule has 3 amide bonds. The number of hydrogen-bond donors (Lipinski definition) is 4. The van der Waals surface area contributed by atoms with Crippen LogP contribution < -0.4 is 20.3 Å². The summed E-state index contributed by atoms with van der Waals surface area (Å²) in [5, 5.41) is 16.3. The van der Waals surface area contributed by atoms with Crippen LogP contribution in [0, 0.1) is 24.0 Å². The maximum atomic E-state index is 16.1. The van der Waals surface area contributed by atoms with Crippen LogP contribution in [-0.4, -0.2) is 155 Å². The molecule has 0 radical (unpaired) electrons. The average molecular weight is 1100 g/mol. The number of carbonyl (C=O) groups is 3. The van der Waals surface area contributed by atoms with Crippen molar-refractivity contribution in [2.24, 2.45) is 5.41 Å². The quantitative estimate of drug-likeness (QED) is 0.0565. The van der Waals surface area contributed by atoms with Crippen molar-refractivity contribution in [1.82, 2.24) is 44.9 Å². The van der Waals surface area contributed by atoms with Crippen molar-refractivity contribution in [3.63, 3.8) is 0 Å². The topological polar surface area (TPSA) is 226 Å². The van der Waals surface area contributed by atoms with Crippen LogP contribution in [-0.2, 0) is 40.4 Å². The number of fused-ring (bicyclic) bond motifs is 1. The minimum Gasteiger partial charge on any atom is -0.391 e. The molecular weight excluding hydrogens is 1030 g/mol. The third kappa shape index (κ3) is 13.8. The smallest absolute Gasteiger partial charge is 0.246 e. The molecule has 77 heavy (non-hydrogen) atoms. The van der Waals surface area contributed by atoms with Gasteiger partial charge in [-0.3, -0.25) is 19.1 Å². The molecule has 0 bridgehead atoms. The summed E-state index contributed by atoms with van der Waals surface area (Å²) in [5.74, 6) is -2.86. The lowest BCUT2D eigenvalue weighted by Crippen LogP contribution is -2.58. The number of pyridine rings is 1. The number of benzene rings is 2. The Morgan fingerprint density at radius 3 is 2.39 bits per heavy atom. The zero-order valence-electron chi connectivity index (χ0n) is 44.2. The summed E-state index contributed by atoms with van der Waals surface area (Å²) >= 11 is 1.56. The number of anilines is 2. The van der Waals surface area contributed by atoms with E-state index in [1.807, 2.05) is 59.0 Å². The van der Waals surface area contributed by atoms with E-state index in [2.05, 4.69) is 40.1 Å². The maximum Gasteiger partial charge on any atom is 0.246 e. The number of amides is 3. The molecule has 19 nitrogen and oxygen atoms in total. The summed E-state index contributed by atoms with van der Waals surface area (Å²) in [6, 6.07) is 11.7. The lowest BCUT2D eigenvalue weighted by molar-refractivity contribution is -0.144. The number of halogens is 2. The number of thiazole rings is 1. The minimum absolute atomic E-state index is 0.0341. The number of rotatable bonds is 22. The van der Waals surface area contributed by atoms with Crippen LogP contribution in [0.3, 0.4) is 0 Å². The summed E-state index contributed by atoms with van der Waals surface area (Å²) in [4.78, 5) is 65.2. The number of nitrogens with one attached hydrogen (secondary N) is 3. The van der Waals surface area contributed by atoms with E-state index in [-0.39, 0.29) is 62.7 Å². The number of ether oxygens (including phenoxy) is 2. The Balaban J connectivity index is 0.783. The second-order valence-corrected chi connectivity index (χ2v) is 23.2. The Morgan fingerprint density at radius 2 is 1.70 bits per heavy atom. The van der Waals surface area contributed by atoms with Crippen molar-refractivity contribution < 1.29 is 46.2 Å². The van der Waals surface area contributed by atoms with Gasteiger partial charge >= 0.3 is 0 Å². The molecule has 23 heteroatoms. The minimum atomic E-state index is -3.87. The van der Waals surface area contributed by atoms with E-state index in [0.29, 0.717) is 47.6 Å². The fraction of sp³-hybridized carbons (Fsp3) is 0.463. The Kier molecular flexibility index (Phi) is 18.3. The number of aliphatic hydroxyl groups is 1. The van der Waals surface area contributed by atoms with Crippen LogP contribution >= 0.6 is 11.3 Å². The first-order valence-corrected chi connectivity index (χ1v) is 28.3. The van der Waals surface area contributed by atoms with Crippen LogP contribution in [0.15, 0.2) is 79.0 Å². The van der Waals surface area contributed by atoms with E-state index in [0.717, 1.165) is 59.8 Å². The van der Waals surface area contributed by atoms with Crippen molar-refractivity contribution in [2.45, 2.75) is 91.1 Å². The van der Waals surface area contributed by atoms with Gasteiger partial charge in [-0.25, -0.2) is 37.1 Å².